The maximum Gasteiger partial charge on any atom is 0.346 e. The Hall–Kier alpha value is -2.86. The highest BCUT2D eigenvalue weighted by molar-refractivity contribution is 6.14. The van der Waals surface area contributed by atoms with Crippen molar-refractivity contribution in [3.63, 3.8) is 0 Å². The van der Waals surface area contributed by atoms with Crippen LogP contribution in [0.5, 0.6) is 0 Å². The first kappa shape index (κ1) is 27.0. The van der Waals surface area contributed by atoms with Crippen LogP contribution in [0.1, 0.15) is 63.3 Å². The molecule has 2 aromatic carbocycles. The number of hydrogen-bond donors (Lipinski definition) is 0. The topological polar surface area (TPSA) is 43.4 Å². The summed E-state index contributed by atoms with van der Waals surface area (Å²) in [6.07, 6.45) is 0. The normalized spacial score (nSPS) is 9.12. The van der Waals surface area contributed by atoms with Gasteiger partial charge in [-0.15, -0.1) is 11.8 Å². The maximum absolute atomic E-state index is 10.8. The number of ether oxygens (including phenoxy) is 1. The smallest absolute Gasteiger partial charge is 0.346 e. The van der Waals surface area contributed by atoms with Gasteiger partial charge in [0.15, 0.2) is 0 Å². The summed E-state index contributed by atoms with van der Waals surface area (Å²) in [6.45, 7) is 7.64. The van der Waals surface area contributed by atoms with Gasteiger partial charge in [-0.1, -0.05) is 77.2 Å². The van der Waals surface area contributed by atoms with Crippen molar-refractivity contribution in [1.82, 2.24) is 0 Å². The number of benzene rings is 2. The van der Waals surface area contributed by atoms with Crippen molar-refractivity contribution in [1.29, 1.82) is 0 Å². The van der Waals surface area contributed by atoms with Crippen LogP contribution < -0.4 is 0 Å². The van der Waals surface area contributed by atoms with Gasteiger partial charge >= 0.3 is 11.9 Å². The van der Waals surface area contributed by atoms with E-state index in [0.29, 0.717) is 11.1 Å². The third-order valence-corrected chi connectivity index (χ3v) is 2.47. The summed E-state index contributed by atoms with van der Waals surface area (Å²) in [4.78, 5) is 21.7. The predicted octanol–water partition coefficient (Wildman–Crippen LogP) is 6.01. The lowest BCUT2D eigenvalue weighted by molar-refractivity contribution is 0.0444. The zero-order chi connectivity index (χ0) is 17.5. The van der Waals surface area contributed by atoms with Crippen LogP contribution in [0.4, 0.5) is 0 Å². The van der Waals surface area contributed by atoms with Crippen LogP contribution in [0.3, 0.4) is 0 Å². The highest BCUT2D eigenvalue weighted by Gasteiger charge is 2.28. The molecule has 25 heavy (non-hydrogen) atoms. The number of carbonyl (C=O) groups is 2. The number of cyclic esters (lactones) is 2. The number of hydrogen-bond acceptors (Lipinski definition) is 3. The lowest BCUT2D eigenvalue weighted by Crippen LogP contribution is -1.96. The molecule has 0 atom stereocenters. The summed E-state index contributed by atoms with van der Waals surface area (Å²) in [5.41, 5.74) is 0.718. The molecule has 0 N–H and O–H groups in total. The molecule has 2 aromatic rings. The van der Waals surface area contributed by atoms with Crippen molar-refractivity contribution >= 4 is 11.9 Å². The first-order chi connectivity index (χ1) is 11.2. The Bertz CT molecular complexity index is 584. The van der Waals surface area contributed by atoms with E-state index in [1.165, 1.54) is 0 Å². The Morgan fingerprint density at radius 2 is 0.920 bits per heavy atom. The van der Waals surface area contributed by atoms with Crippen molar-refractivity contribution in [2.45, 2.75) is 42.5 Å². The molecular formula is C22H30O3. The molecule has 3 rings (SSSR count). The molecule has 1 aliphatic rings. The summed E-state index contributed by atoms with van der Waals surface area (Å²) in [5, 5.41) is 0. The van der Waals surface area contributed by atoms with Crippen molar-refractivity contribution in [3.05, 3.63) is 71.8 Å². The summed E-state index contributed by atoms with van der Waals surface area (Å²) in [6, 6.07) is 18.5. The lowest BCUT2D eigenvalue weighted by Gasteiger charge is -1.86. The highest BCUT2D eigenvalue weighted by Crippen LogP contribution is 2.18. The van der Waals surface area contributed by atoms with Crippen molar-refractivity contribution in [2.75, 3.05) is 0 Å². The molecule has 1 aliphatic heterocycles. The largest absolute Gasteiger partial charge is 0.386 e. The highest BCUT2D eigenvalue weighted by atomic mass is 16.6. The van der Waals surface area contributed by atoms with Gasteiger partial charge < -0.3 is 4.74 Å². The zero-order valence-corrected chi connectivity index (χ0v) is 14.0. The molecule has 0 saturated heterocycles. The first-order valence-electron chi connectivity index (χ1n) is 7.39. The van der Waals surface area contributed by atoms with Crippen molar-refractivity contribution < 1.29 is 14.3 Å². The molecular weight excluding hydrogens is 312 g/mol. The molecule has 3 heteroatoms. The summed E-state index contributed by atoms with van der Waals surface area (Å²) < 4.78 is 4.35. The van der Waals surface area contributed by atoms with Gasteiger partial charge in [-0.25, -0.2) is 9.59 Å². The summed E-state index contributed by atoms with van der Waals surface area (Å²) in [5.74, 6) is 4.26. The van der Waals surface area contributed by atoms with Gasteiger partial charge in [0.25, 0.3) is 0 Å². The van der Waals surface area contributed by atoms with Crippen LogP contribution in [0, 0.1) is 11.8 Å². The van der Waals surface area contributed by atoms with E-state index < -0.39 is 11.9 Å². The van der Waals surface area contributed by atoms with Crippen LogP contribution in [-0.4, -0.2) is 11.9 Å². The number of esters is 2. The Balaban J connectivity index is -0.000000299. The first-order valence-corrected chi connectivity index (χ1v) is 7.39. The minimum atomic E-state index is -0.550. The van der Waals surface area contributed by atoms with E-state index in [9.17, 15) is 9.59 Å². The monoisotopic (exact) mass is 342 g/mol. The van der Waals surface area contributed by atoms with Gasteiger partial charge in [-0.05, 0) is 26.0 Å². The van der Waals surface area contributed by atoms with Crippen molar-refractivity contribution in [2.24, 2.45) is 0 Å². The van der Waals surface area contributed by atoms with Crippen LogP contribution in [0.2, 0.25) is 0 Å². The van der Waals surface area contributed by atoms with Gasteiger partial charge in [-0.3, -0.25) is 0 Å². The maximum atomic E-state index is 10.8. The second-order valence-electron chi connectivity index (χ2n) is 3.88. The Kier molecular flexibility index (Phi) is 18.9. The fraction of sp³-hybridized carbons (Fsp3) is 0.273. The van der Waals surface area contributed by atoms with Gasteiger partial charge in [-0.2, -0.15) is 0 Å². The van der Waals surface area contributed by atoms with Crippen molar-refractivity contribution in [3.8, 4) is 11.8 Å². The molecule has 1 heterocycles. The molecule has 0 amide bonds. The fourth-order valence-electron chi connectivity index (χ4n) is 1.42. The molecule has 3 nitrogen and oxygen atoms in total. The van der Waals surface area contributed by atoms with E-state index in [1.807, 2.05) is 64.1 Å². The summed E-state index contributed by atoms with van der Waals surface area (Å²) in [7, 11) is 0. The second kappa shape index (κ2) is 17.5. The quantitative estimate of drug-likeness (QED) is 0.334. The summed E-state index contributed by atoms with van der Waals surface area (Å²) >= 11 is 0. The number of fused-ring (bicyclic) bond motifs is 1. The van der Waals surface area contributed by atoms with E-state index >= 15 is 0 Å². The van der Waals surface area contributed by atoms with E-state index in [0.717, 1.165) is 0 Å². The molecule has 0 spiro atoms. The van der Waals surface area contributed by atoms with Gasteiger partial charge in [0.1, 0.15) is 0 Å². The lowest BCUT2D eigenvalue weighted by atomic mass is 10.1. The fourth-order valence-corrected chi connectivity index (χ4v) is 1.42. The molecule has 0 fully saturated rings. The Morgan fingerprint density at radius 1 is 0.640 bits per heavy atom. The standard InChI is InChI=1S/C8H4O3.C6H6.C4H6.C2H6.2CH4/c9-7-5-3-1-2-4-6(5)8(10)11-7;1-2-4-6-5-3-1;1-3-4-2;1-2;;/h1-4H;1-6H;1-2H3;1-2H3;2*1H4. The minimum absolute atomic E-state index is 0. The molecule has 136 valence electrons. The Morgan fingerprint density at radius 3 is 1.16 bits per heavy atom. The van der Waals surface area contributed by atoms with Gasteiger partial charge in [0.2, 0.25) is 0 Å². The average Bonchev–Trinajstić information content (AvgIpc) is 2.94. The number of carbonyl (C=O) groups excluding carboxylic acids is 2. The zero-order valence-electron chi connectivity index (χ0n) is 14.0. The third-order valence-electron chi connectivity index (χ3n) is 2.47. The Labute approximate surface area is 153 Å². The number of rotatable bonds is 0. The van der Waals surface area contributed by atoms with Crippen LogP contribution in [-0.2, 0) is 4.74 Å². The molecule has 0 aliphatic carbocycles. The van der Waals surface area contributed by atoms with E-state index in [2.05, 4.69) is 16.6 Å². The molecule has 0 unspecified atom stereocenters. The molecule has 0 radical (unpaired) electrons. The second-order valence-corrected chi connectivity index (χ2v) is 3.88. The molecule has 0 aromatic heterocycles. The third kappa shape index (κ3) is 10.5. The van der Waals surface area contributed by atoms with Crippen LogP contribution >= 0.6 is 0 Å². The molecule has 0 saturated carbocycles. The molecule has 0 bridgehead atoms. The average molecular weight is 342 g/mol. The van der Waals surface area contributed by atoms with Crippen LogP contribution in [0.25, 0.3) is 0 Å². The predicted molar refractivity (Wildman–Crippen MR) is 107 cm³/mol. The van der Waals surface area contributed by atoms with Crippen LogP contribution in [0.15, 0.2) is 60.7 Å². The van der Waals surface area contributed by atoms with Gasteiger partial charge in [0, 0.05) is 0 Å². The van der Waals surface area contributed by atoms with E-state index in [-0.39, 0.29) is 14.9 Å². The van der Waals surface area contributed by atoms with Gasteiger partial charge in [0.05, 0.1) is 11.1 Å². The van der Waals surface area contributed by atoms with E-state index in [1.54, 1.807) is 24.3 Å². The van der Waals surface area contributed by atoms with E-state index in [4.69, 9.17) is 0 Å². The minimum Gasteiger partial charge on any atom is -0.386 e. The SMILES string of the molecule is C.C.CC.CC#CC.O=C1OC(=O)c2ccccc21.c1ccccc1.